The summed E-state index contributed by atoms with van der Waals surface area (Å²) in [4.78, 5) is 27.7. The molecule has 6 rings (SSSR count). The van der Waals surface area contributed by atoms with Crippen LogP contribution in [0.4, 0.5) is 5.69 Å². The van der Waals surface area contributed by atoms with Gasteiger partial charge in [0.2, 0.25) is 18.9 Å². The third-order valence-corrected chi connectivity index (χ3v) is 6.59. The van der Waals surface area contributed by atoms with Gasteiger partial charge in [0.1, 0.15) is 17.8 Å². The number of fused-ring (bicyclic) bond motifs is 5. The summed E-state index contributed by atoms with van der Waals surface area (Å²) in [6, 6.07) is 8.48. The fourth-order valence-corrected chi connectivity index (χ4v) is 4.93. The van der Waals surface area contributed by atoms with Crippen LogP contribution < -0.4 is 24.8 Å². The molecule has 2 unspecified atom stereocenters. The molecule has 0 radical (unpaired) electrons. The average Bonchev–Trinajstić information content (AvgIpc) is 3.34. The molecule has 164 valence electrons. The van der Waals surface area contributed by atoms with Crippen LogP contribution >= 0.6 is 11.6 Å². The van der Waals surface area contributed by atoms with E-state index in [2.05, 4.69) is 0 Å². The van der Waals surface area contributed by atoms with Crippen molar-refractivity contribution < 1.29 is 28.5 Å². The fourth-order valence-electron chi connectivity index (χ4n) is 4.60. The van der Waals surface area contributed by atoms with E-state index in [0.717, 1.165) is 12.8 Å². The Hall–Kier alpha value is -3.46. The molecule has 0 bridgehead atoms. The summed E-state index contributed by atoms with van der Waals surface area (Å²) in [7, 11) is 0. The van der Waals surface area contributed by atoms with E-state index >= 15 is 0 Å². The van der Waals surface area contributed by atoms with Crippen molar-refractivity contribution in [1.29, 1.82) is 5.41 Å². The summed E-state index contributed by atoms with van der Waals surface area (Å²) in [6.07, 6.45) is 0.0568. The number of halogens is 1. The molecule has 1 aliphatic carbocycles. The van der Waals surface area contributed by atoms with Gasteiger partial charge in [-0.1, -0.05) is 17.7 Å². The molecule has 0 aromatic heterocycles. The van der Waals surface area contributed by atoms with Crippen molar-refractivity contribution in [2.24, 2.45) is 11.7 Å². The Bertz CT molecular complexity index is 1210. The molecule has 3 heterocycles. The largest absolute Gasteiger partial charge is 0.491 e. The SMILES string of the molecule is N=C(N)C(OC(=O)C1CC1)N1C(=O)C2(COc3cc4c(cc32)OCO4)c2c(Cl)cccc21. The van der Waals surface area contributed by atoms with Gasteiger partial charge in [0.05, 0.1) is 11.6 Å². The molecule has 10 heteroatoms. The molecule has 3 aliphatic heterocycles. The number of nitrogens with zero attached hydrogens (tertiary/aromatic N) is 1. The van der Waals surface area contributed by atoms with Crippen molar-refractivity contribution in [1.82, 2.24) is 0 Å². The number of ether oxygens (including phenoxy) is 4. The third kappa shape index (κ3) is 2.48. The van der Waals surface area contributed by atoms with Gasteiger partial charge in [-0.3, -0.25) is 19.9 Å². The number of hydrogen-bond acceptors (Lipinski definition) is 7. The molecule has 1 amide bonds. The highest BCUT2D eigenvalue weighted by Crippen LogP contribution is 2.57. The number of amidine groups is 1. The first-order chi connectivity index (χ1) is 15.4. The standard InChI is InChI=1S/C22H18ClN3O6/c23-12-2-1-3-13-17(12)22(8-29-14-7-16-15(6-11(14)22)30-9-31-16)21(28)26(13)19(18(24)25)32-20(27)10-4-5-10/h1-3,6-7,10,19H,4-5,8-9H2,(H3,24,25). The molecule has 2 aromatic rings. The van der Waals surface area contributed by atoms with Crippen LogP contribution in [0.25, 0.3) is 0 Å². The van der Waals surface area contributed by atoms with Crippen LogP contribution in [0.3, 0.4) is 0 Å². The monoisotopic (exact) mass is 455 g/mol. The highest BCUT2D eigenvalue weighted by Gasteiger charge is 2.60. The van der Waals surface area contributed by atoms with Crippen molar-refractivity contribution in [2.75, 3.05) is 18.3 Å². The number of carbonyl (C=O) groups is 2. The highest BCUT2D eigenvalue weighted by molar-refractivity contribution is 6.33. The number of anilines is 1. The maximum Gasteiger partial charge on any atom is 0.311 e. The second-order valence-corrected chi connectivity index (χ2v) is 8.63. The number of amides is 1. The van der Waals surface area contributed by atoms with Gasteiger partial charge in [-0.25, -0.2) is 0 Å². The van der Waals surface area contributed by atoms with Crippen LogP contribution in [-0.2, 0) is 19.7 Å². The zero-order valence-corrected chi connectivity index (χ0v) is 17.5. The Morgan fingerprint density at radius 3 is 2.69 bits per heavy atom. The Labute approximate surface area is 187 Å². The lowest BCUT2D eigenvalue weighted by Gasteiger charge is -2.29. The quantitative estimate of drug-likeness (QED) is 0.411. The second-order valence-electron chi connectivity index (χ2n) is 8.22. The molecule has 4 aliphatic rings. The predicted octanol–water partition coefficient (Wildman–Crippen LogP) is 2.31. The van der Waals surface area contributed by atoms with Crippen LogP contribution in [0.15, 0.2) is 30.3 Å². The molecule has 32 heavy (non-hydrogen) atoms. The number of esters is 1. The van der Waals surface area contributed by atoms with Crippen LogP contribution in [-0.4, -0.2) is 37.3 Å². The Balaban J connectivity index is 1.52. The minimum atomic E-state index is -1.38. The van der Waals surface area contributed by atoms with E-state index in [1.807, 2.05) is 0 Å². The molecular formula is C22H18ClN3O6. The first-order valence-corrected chi connectivity index (χ1v) is 10.5. The third-order valence-electron chi connectivity index (χ3n) is 6.28. The first-order valence-electron chi connectivity index (χ1n) is 10.2. The number of rotatable bonds is 4. The van der Waals surface area contributed by atoms with Crippen molar-refractivity contribution in [2.45, 2.75) is 24.5 Å². The van der Waals surface area contributed by atoms with Crippen LogP contribution in [0.1, 0.15) is 24.0 Å². The van der Waals surface area contributed by atoms with Crippen molar-refractivity contribution >= 4 is 35.0 Å². The summed E-state index contributed by atoms with van der Waals surface area (Å²) >= 11 is 6.62. The van der Waals surface area contributed by atoms with E-state index < -0.39 is 29.4 Å². The van der Waals surface area contributed by atoms with Crippen LogP contribution in [0.5, 0.6) is 17.2 Å². The summed E-state index contributed by atoms with van der Waals surface area (Å²) in [5.41, 5.74) is 6.01. The molecule has 1 saturated carbocycles. The molecule has 2 aromatic carbocycles. The molecular weight excluding hydrogens is 438 g/mol. The maximum absolute atomic E-state index is 14.1. The molecule has 0 saturated heterocycles. The predicted molar refractivity (Wildman–Crippen MR) is 112 cm³/mol. The van der Waals surface area contributed by atoms with Crippen molar-refractivity contribution in [3.8, 4) is 17.2 Å². The summed E-state index contributed by atoms with van der Waals surface area (Å²) in [6.45, 7) is 0.0602. The van der Waals surface area contributed by atoms with Gasteiger partial charge in [-0.15, -0.1) is 0 Å². The van der Waals surface area contributed by atoms with E-state index in [9.17, 15) is 9.59 Å². The highest BCUT2D eigenvalue weighted by atomic mass is 35.5. The number of carbonyl (C=O) groups excluding carboxylic acids is 2. The molecule has 2 atom stereocenters. The summed E-state index contributed by atoms with van der Waals surface area (Å²) in [5, 5.41) is 8.42. The van der Waals surface area contributed by atoms with Crippen LogP contribution in [0, 0.1) is 11.3 Å². The van der Waals surface area contributed by atoms with E-state index in [1.54, 1.807) is 30.3 Å². The minimum absolute atomic E-state index is 0.0154. The first kappa shape index (κ1) is 19.2. The van der Waals surface area contributed by atoms with Gasteiger partial charge in [-0.05, 0) is 31.0 Å². The smallest absolute Gasteiger partial charge is 0.311 e. The van der Waals surface area contributed by atoms with E-state index in [1.165, 1.54) is 4.90 Å². The molecule has 9 nitrogen and oxygen atoms in total. The van der Waals surface area contributed by atoms with Crippen molar-refractivity contribution in [3.05, 3.63) is 46.5 Å². The van der Waals surface area contributed by atoms with Gasteiger partial charge in [0.25, 0.3) is 0 Å². The number of hydrogen-bond donors (Lipinski definition) is 2. The lowest BCUT2D eigenvalue weighted by atomic mass is 9.77. The molecule has 3 N–H and O–H groups in total. The van der Waals surface area contributed by atoms with Gasteiger partial charge in [-0.2, -0.15) is 0 Å². The average molecular weight is 456 g/mol. The normalized spacial score (nSPS) is 23.0. The van der Waals surface area contributed by atoms with Gasteiger partial charge >= 0.3 is 5.97 Å². The number of nitrogens with one attached hydrogen (secondary N) is 1. The maximum atomic E-state index is 14.1. The molecule has 1 spiro atoms. The Kier molecular flexibility index (Phi) is 3.92. The minimum Gasteiger partial charge on any atom is -0.491 e. The fraction of sp³-hybridized carbons (Fsp3) is 0.318. The number of nitrogens with two attached hydrogens (primary N) is 1. The molecule has 1 fully saturated rings. The summed E-state index contributed by atoms with van der Waals surface area (Å²) in [5.74, 6) is -0.0994. The zero-order valence-electron chi connectivity index (χ0n) is 16.7. The van der Waals surface area contributed by atoms with E-state index in [-0.39, 0.29) is 19.3 Å². The van der Waals surface area contributed by atoms with E-state index in [0.29, 0.717) is 39.1 Å². The number of benzene rings is 2. The van der Waals surface area contributed by atoms with Crippen molar-refractivity contribution in [3.63, 3.8) is 0 Å². The van der Waals surface area contributed by atoms with Gasteiger partial charge in [0.15, 0.2) is 17.3 Å². The van der Waals surface area contributed by atoms with Gasteiger partial charge in [0, 0.05) is 22.2 Å². The second kappa shape index (κ2) is 6.52. The van der Waals surface area contributed by atoms with Gasteiger partial charge < -0.3 is 24.7 Å². The topological polar surface area (TPSA) is 124 Å². The summed E-state index contributed by atoms with van der Waals surface area (Å²) < 4.78 is 22.4. The van der Waals surface area contributed by atoms with E-state index in [4.69, 9.17) is 41.7 Å². The van der Waals surface area contributed by atoms with Crippen LogP contribution in [0.2, 0.25) is 5.02 Å². The lowest BCUT2D eigenvalue weighted by Crippen LogP contribution is -2.53. The Morgan fingerprint density at radius 1 is 1.22 bits per heavy atom. The lowest BCUT2D eigenvalue weighted by molar-refractivity contribution is -0.148. The zero-order chi connectivity index (χ0) is 22.2. The Morgan fingerprint density at radius 2 is 1.97 bits per heavy atom.